The molecular formula is C51H42Cl4F4N16O22S4. The van der Waals surface area contributed by atoms with Crippen molar-refractivity contribution in [1.82, 2.24) is 75.9 Å². The van der Waals surface area contributed by atoms with Crippen LogP contribution in [0.5, 0.6) is 23.5 Å². The minimum atomic E-state index is -3.63. The first-order chi connectivity index (χ1) is 47.9. The van der Waals surface area contributed by atoms with Crippen molar-refractivity contribution >= 4 is 99.5 Å². The maximum Gasteiger partial charge on any atom is 0.446 e. The normalized spacial score (nSPS) is 11.6. The molecule has 11 rings (SSSR count). The van der Waals surface area contributed by atoms with E-state index in [1.54, 1.807) is 17.2 Å². The quantitative estimate of drug-likeness (QED) is 0.0169. The van der Waals surface area contributed by atoms with E-state index in [1.165, 1.54) is 48.5 Å². The molecule has 2 N–H and O–H groups in total. The lowest BCUT2D eigenvalue weighted by Gasteiger charge is -2.05. The van der Waals surface area contributed by atoms with E-state index in [9.17, 15) is 62.4 Å². The van der Waals surface area contributed by atoms with Gasteiger partial charge >= 0.3 is 17.3 Å². The summed E-state index contributed by atoms with van der Waals surface area (Å²) in [4.78, 5) is 40.0. The van der Waals surface area contributed by atoms with E-state index in [1.807, 2.05) is 6.26 Å². The number of hydroxylamine groups is 1. The Hall–Kier alpha value is -10.1. The topological polar surface area (TPSA) is 493 Å². The minimum Gasteiger partial charge on any atom is -0.473 e. The SMILES string of the molecule is CS(=O)(=O)CCOc1nonc1-c1noc(=O)n1-c1ccc(F)c(Cl)c1.CS(=O)(=O)CCOc1nonc1C(=Nc1ccc(F)c(Cl)c1)NO.CS(=O)(=O)OCCOc1nonc1-c1noc(=O)n1-c1ccc(F)c(Cl)c1.CSCCOc1nonc1-c1noc(=O)n1-c1ccc(F)c(Cl)c1. The van der Waals surface area contributed by atoms with Crippen LogP contribution in [0.25, 0.3) is 51.6 Å². The lowest BCUT2D eigenvalue weighted by Crippen LogP contribution is -2.22. The van der Waals surface area contributed by atoms with Crippen molar-refractivity contribution in [2.24, 2.45) is 4.99 Å². The summed E-state index contributed by atoms with van der Waals surface area (Å²) in [7, 11) is -10.1. The fourth-order valence-electron chi connectivity index (χ4n) is 7.35. The van der Waals surface area contributed by atoms with E-state index in [4.69, 9.17) is 65.4 Å². The van der Waals surface area contributed by atoms with Crippen molar-refractivity contribution < 1.29 is 103 Å². The first kappa shape index (κ1) is 76.7. The number of hydrogen-bond donors (Lipinski definition) is 2. The molecule has 11 aromatic rings. The van der Waals surface area contributed by atoms with E-state index in [2.05, 4.69) is 98.0 Å². The number of amidine groups is 1. The number of benzene rings is 4. The number of ether oxygens (including phenoxy) is 4. The number of thioether (sulfide) groups is 1. The van der Waals surface area contributed by atoms with Crippen molar-refractivity contribution in [3.05, 3.63) is 154 Å². The zero-order chi connectivity index (χ0) is 73.3. The number of aliphatic imine (C=N–C) groups is 1. The highest BCUT2D eigenvalue weighted by Crippen LogP contribution is 2.31. The number of nitrogens with one attached hydrogen (secondary N) is 1. The number of rotatable bonds is 25. The summed E-state index contributed by atoms with van der Waals surface area (Å²) in [6.45, 7) is -0.540. The van der Waals surface area contributed by atoms with Crippen LogP contribution in [-0.2, 0) is 34.0 Å². The zero-order valence-electron chi connectivity index (χ0n) is 51.0. The average molecular weight is 1580 g/mol. The smallest absolute Gasteiger partial charge is 0.446 e. The molecule has 0 spiro atoms. The van der Waals surface area contributed by atoms with E-state index in [-0.39, 0.29) is 150 Å². The molecule has 7 aromatic heterocycles. The van der Waals surface area contributed by atoms with Crippen LogP contribution in [0, 0.1) is 23.3 Å². The molecule has 0 radical (unpaired) electrons. The van der Waals surface area contributed by atoms with Gasteiger partial charge in [0.1, 0.15) is 49.7 Å². The molecule has 0 amide bonds. The van der Waals surface area contributed by atoms with Crippen LogP contribution in [0.1, 0.15) is 5.69 Å². The van der Waals surface area contributed by atoms with Crippen LogP contribution in [0.2, 0.25) is 20.1 Å². The highest BCUT2D eigenvalue weighted by atomic mass is 35.5. The third kappa shape index (κ3) is 21.0. The van der Waals surface area contributed by atoms with Crippen molar-refractivity contribution in [3.63, 3.8) is 0 Å². The number of nitrogens with zero attached hydrogens (tertiary/aromatic N) is 15. The van der Waals surface area contributed by atoms with Gasteiger partial charge in [0.25, 0.3) is 33.6 Å². The molecule has 4 aromatic carbocycles. The van der Waals surface area contributed by atoms with Gasteiger partial charge in [0.05, 0.1) is 67.2 Å². The van der Waals surface area contributed by atoms with Crippen molar-refractivity contribution in [2.75, 3.05) is 75.3 Å². The molecule has 0 unspecified atom stereocenters. The first-order valence-electron chi connectivity index (χ1n) is 27.0. The van der Waals surface area contributed by atoms with Gasteiger partial charge in [0.2, 0.25) is 40.2 Å². The van der Waals surface area contributed by atoms with Gasteiger partial charge in [-0.25, -0.2) is 86.0 Å². The van der Waals surface area contributed by atoms with Gasteiger partial charge in [-0.15, -0.1) is 0 Å². The van der Waals surface area contributed by atoms with Crippen LogP contribution in [0.4, 0.5) is 23.2 Å². The Morgan fingerprint density at radius 3 is 1.22 bits per heavy atom. The van der Waals surface area contributed by atoms with E-state index < -0.39 is 70.3 Å². The molecule has 0 aliphatic heterocycles. The molecule has 0 bridgehead atoms. The molecule has 0 aliphatic rings. The van der Waals surface area contributed by atoms with Gasteiger partial charge in [0, 0.05) is 18.3 Å². The number of halogens is 8. The Balaban J connectivity index is 0.000000171. The molecule has 0 saturated heterocycles. The largest absolute Gasteiger partial charge is 0.473 e. The van der Waals surface area contributed by atoms with Crippen molar-refractivity contribution in [2.45, 2.75) is 0 Å². The lowest BCUT2D eigenvalue weighted by molar-refractivity contribution is 0.204. The Labute approximate surface area is 584 Å². The third-order valence-corrected chi connectivity index (χ3v) is 15.9. The van der Waals surface area contributed by atoms with E-state index in [0.29, 0.717) is 6.61 Å². The van der Waals surface area contributed by atoms with Crippen LogP contribution in [0.15, 0.2) is 124 Å². The molecule has 538 valence electrons. The predicted octanol–water partition coefficient (Wildman–Crippen LogP) is 5.87. The maximum atomic E-state index is 13.4. The van der Waals surface area contributed by atoms with Crippen LogP contribution < -0.4 is 41.7 Å². The van der Waals surface area contributed by atoms with Crippen LogP contribution in [0.3, 0.4) is 0 Å². The molecule has 101 heavy (non-hydrogen) atoms. The lowest BCUT2D eigenvalue weighted by atomic mass is 10.3. The van der Waals surface area contributed by atoms with Gasteiger partial charge in [-0.1, -0.05) is 61.9 Å². The molecule has 0 fully saturated rings. The van der Waals surface area contributed by atoms with Gasteiger partial charge in [-0.3, -0.25) is 28.4 Å². The summed E-state index contributed by atoms with van der Waals surface area (Å²) in [5, 5.41) is 47.8. The average Bonchev–Trinajstić information content (AvgIpc) is 1.38. The van der Waals surface area contributed by atoms with E-state index >= 15 is 0 Å². The monoisotopic (exact) mass is 1570 g/mol. The molecular weight excluding hydrogens is 1530 g/mol. The highest BCUT2D eigenvalue weighted by Gasteiger charge is 2.28. The molecule has 0 saturated carbocycles. The summed E-state index contributed by atoms with van der Waals surface area (Å²) < 4.78 is 180. The second-order valence-corrected chi connectivity index (χ2v) is 27.9. The van der Waals surface area contributed by atoms with Gasteiger partial charge in [0.15, 0.2) is 25.5 Å². The summed E-state index contributed by atoms with van der Waals surface area (Å²) >= 11 is 24.5. The van der Waals surface area contributed by atoms with Gasteiger partial charge in [-0.05, 0) is 120 Å². The van der Waals surface area contributed by atoms with Crippen molar-refractivity contribution in [3.8, 4) is 75.1 Å². The number of hydrogen-bond acceptors (Lipinski definition) is 35. The first-order valence-corrected chi connectivity index (χ1v) is 35.9. The van der Waals surface area contributed by atoms with Gasteiger partial charge in [-0.2, -0.15) is 20.2 Å². The zero-order valence-corrected chi connectivity index (χ0v) is 57.3. The summed E-state index contributed by atoms with van der Waals surface area (Å²) in [5.41, 5.74) is 2.32. The fraction of sp³-hybridized carbons (Fsp3) is 0.235. The summed E-state index contributed by atoms with van der Waals surface area (Å²) in [6, 6.07) is 14.4. The number of aromatic nitrogens is 14. The van der Waals surface area contributed by atoms with Gasteiger partial charge < -0.3 is 18.9 Å². The standard InChI is InChI=1S/C13H10ClFN4O7S.C13H10ClFN4O6S.C13H10ClFN4O4S.C12H12ClFN4O5S/c1-27(21,22)24-5-4-23-12-10(16-26-18-12)11-17-25-13(20)19(11)7-2-3-9(15)8(14)6-7;1-26(21,22)5-4-23-12-10(16-25-18-12)11-17-24-13(20)19(11)7-2-3-9(15)8(14)6-7;1-24-5-4-21-12-10(16-23-18-12)11-17-22-13(20)19(11)7-2-3-9(15)8(14)6-7;1-24(20,21)5-4-22-12-10(17-23-18-12)11(16-19)15-7-2-3-9(14)8(13)6-7/h2-3,6H,4-5H2,1H3;2-3,6H,4-5H2,1H3;2-3,6H,4-5H2,1H3;2-3,6,19H,4-5H2,1H3,(H,15,16). The highest BCUT2D eigenvalue weighted by molar-refractivity contribution is 7.98. The second-order valence-electron chi connectivity index (χ2n) is 19.1. The third-order valence-electron chi connectivity index (χ3n) is 11.8. The molecule has 38 nitrogen and oxygen atoms in total. The fourth-order valence-corrected chi connectivity index (χ4v) is 9.44. The Bertz CT molecular complexity index is 5280. The molecule has 7 heterocycles. The summed E-state index contributed by atoms with van der Waals surface area (Å²) in [5.74, 6) is -5.96. The second kappa shape index (κ2) is 34.3. The van der Waals surface area contributed by atoms with Crippen LogP contribution in [-0.4, -0.2) is 182 Å². The van der Waals surface area contributed by atoms with Crippen LogP contribution >= 0.6 is 58.2 Å². The Morgan fingerprint density at radius 2 is 0.851 bits per heavy atom. The molecule has 0 aliphatic carbocycles. The van der Waals surface area contributed by atoms with Crippen molar-refractivity contribution in [1.29, 1.82) is 0 Å². The number of sulfone groups is 2. The maximum absolute atomic E-state index is 13.4. The molecule has 50 heteroatoms. The van der Waals surface area contributed by atoms with E-state index in [0.717, 1.165) is 62.5 Å². The Morgan fingerprint density at radius 1 is 0.495 bits per heavy atom. The molecule has 0 atom stereocenters. The summed E-state index contributed by atoms with van der Waals surface area (Å²) in [6.07, 6.45) is 4.92. The predicted molar refractivity (Wildman–Crippen MR) is 338 cm³/mol. The Kier molecular flexibility index (Phi) is 26.1. The minimum absolute atomic E-state index is 0.00285.